The van der Waals surface area contributed by atoms with E-state index in [-0.39, 0.29) is 11.5 Å². The van der Waals surface area contributed by atoms with Gasteiger partial charge in [-0.15, -0.1) is 0 Å². The number of allylic oxidation sites excluding steroid dienone is 1. The van der Waals surface area contributed by atoms with Gasteiger partial charge in [0.15, 0.2) is 0 Å². The molecule has 0 bridgehead atoms. The zero-order chi connectivity index (χ0) is 21.7. The smallest absolute Gasteiger partial charge is 0.0696 e. The second kappa shape index (κ2) is 8.26. The quantitative estimate of drug-likeness (QED) is 0.284. The van der Waals surface area contributed by atoms with Crippen molar-refractivity contribution in [3.63, 3.8) is 0 Å². The molecule has 2 N–H and O–H groups in total. The molecule has 0 heterocycles. The summed E-state index contributed by atoms with van der Waals surface area (Å²) in [6, 6.07) is 0. The Morgan fingerprint density at radius 1 is 1.03 bits per heavy atom. The summed E-state index contributed by atoms with van der Waals surface area (Å²) in [5.74, 6) is 4.34. The van der Waals surface area contributed by atoms with Gasteiger partial charge < -0.3 is 10.3 Å². The Labute approximate surface area is 184 Å². The van der Waals surface area contributed by atoms with Gasteiger partial charge >= 0.3 is 0 Å². The van der Waals surface area contributed by atoms with Gasteiger partial charge in [0, 0.05) is 0 Å². The summed E-state index contributed by atoms with van der Waals surface area (Å²) in [5.41, 5.74) is 3.33. The number of aliphatic hydroxyl groups excluding tert-OH is 1. The minimum atomic E-state index is -0.223. The van der Waals surface area contributed by atoms with Crippen LogP contribution in [0.2, 0.25) is 0 Å². The molecule has 4 rings (SSSR count). The maximum absolute atomic E-state index is 10.4. The predicted molar refractivity (Wildman–Crippen MR) is 124 cm³/mol. The Bertz CT molecular complexity index is 697. The van der Waals surface area contributed by atoms with Gasteiger partial charge in [0.1, 0.15) is 0 Å². The zero-order valence-corrected chi connectivity index (χ0v) is 20.0. The van der Waals surface area contributed by atoms with Gasteiger partial charge in [-0.25, -0.2) is 0 Å². The molecule has 0 aliphatic heterocycles. The van der Waals surface area contributed by atoms with Crippen molar-refractivity contribution in [2.75, 3.05) is 0 Å². The summed E-state index contributed by atoms with van der Waals surface area (Å²) in [5, 5.41) is 23.5. The zero-order valence-electron chi connectivity index (χ0n) is 20.0. The van der Waals surface area contributed by atoms with Crippen LogP contribution in [0.5, 0.6) is 0 Å². The lowest BCUT2D eigenvalue weighted by atomic mass is 9.52. The van der Waals surface area contributed by atoms with Crippen molar-refractivity contribution in [2.24, 2.45) is 51.5 Å². The van der Waals surface area contributed by atoms with Gasteiger partial charge in [-0.1, -0.05) is 64.6 Å². The Balaban J connectivity index is 1.60. The van der Waals surface area contributed by atoms with Gasteiger partial charge in [-0.05, 0) is 96.9 Å². The molecule has 8 atom stereocenters. The van der Waals surface area contributed by atoms with Crippen molar-refractivity contribution >= 4 is 6.21 Å². The summed E-state index contributed by atoms with van der Waals surface area (Å²) < 4.78 is 0. The number of rotatable bonds is 6. The first-order valence-corrected chi connectivity index (χ1v) is 12.8. The molecule has 30 heavy (non-hydrogen) atoms. The number of hydrogen-bond donors (Lipinski definition) is 2. The van der Waals surface area contributed by atoms with Crippen LogP contribution in [0.1, 0.15) is 98.8 Å². The first kappa shape index (κ1) is 22.4. The Kier molecular flexibility index (Phi) is 6.16. The highest BCUT2D eigenvalue weighted by Crippen LogP contribution is 2.70. The molecule has 4 aliphatic carbocycles. The second-order valence-corrected chi connectivity index (χ2v) is 12.3. The molecule has 0 amide bonds. The van der Waals surface area contributed by atoms with Gasteiger partial charge in [-0.2, -0.15) is 0 Å². The summed E-state index contributed by atoms with van der Waals surface area (Å²) in [4.78, 5) is 0. The monoisotopic (exact) mass is 415 g/mol. The summed E-state index contributed by atoms with van der Waals surface area (Å²) in [6.45, 7) is 12.3. The van der Waals surface area contributed by atoms with E-state index < -0.39 is 0 Å². The highest BCUT2D eigenvalue weighted by Gasteiger charge is 2.62. The van der Waals surface area contributed by atoms with E-state index in [2.05, 4.69) is 39.8 Å². The number of hydrogen-bond acceptors (Lipinski definition) is 3. The Morgan fingerprint density at radius 3 is 2.50 bits per heavy atom. The molecule has 3 nitrogen and oxygen atoms in total. The highest BCUT2D eigenvalue weighted by molar-refractivity contribution is 5.82. The third-order valence-corrected chi connectivity index (χ3v) is 10.3. The third kappa shape index (κ3) is 3.48. The molecule has 0 saturated heterocycles. The van der Waals surface area contributed by atoms with E-state index in [1.807, 2.05) is 0 Å². The molecule has 0 aromatic carbocycles. The lowest BCUT2D eigenvalue weighted by Crippen LogP contribution is -2.45. The average Bonchev–Trinajstić information content (AvgIpc) is 3.15. The topological polar surface area (TPSA) is 52.8 Å². The lowest BCUT2D eigenvalue weighted by Gasteiger charge is -2.52. The fraction of sp³-hybridized carbons (Fsp3) is 0.889. The SMILES string of the molecule is CC(C)CCC[C@@H](C)[C@H]1CCC2C3C(/C=N/O)=C4C[C@@H](O)CC[C@]4(C)C3CC[C@@]21C. The van der Waals surface area contributed by atoms with E-state index in [1.54, 1.807) is 6.21 Å². The maximum Gasteiger partial charge on any atom is 0.0696 e. The molecule has 0 aromatic heterocycles. The molecular formula is C27H45NO2. The Hall–Kier alpha value is -0.830. The molecule has 3 heteroatoms. The molecule has 3 fully saturated rings. The predicted octanol–water partition coefficient (Wildman–Crippen LogP) is 6.83. The van der Waals surface area contributed by atoms with Crippen molar-refractivity contribution in [3.05, 3.63) is 11.1 Å². The summed E-state index contributed by atoms with van der Waals surface area (Å²) in [6.07, 6.45) is 13.8. The van der Waals surface area contributed by atoms with Crippen molar-refractivity contribution in [2.45, 2.75) is 105 Å². The van der Waals surface area contributed by atoms with Crippen LogP contribution >= 0.6 is 0 Å². The van der Waals surface area contributed by atoms with Gasteiger partial charge in [0.25, 0.3) is 0 Å². The van der Waals surface area contributed by atoms with E-state index in [1.165, 1.54) is 56.1 Å². The minimum absolute atomic E-state index is 0.197. The van der Waals surface area contributed by atoms with Crippen LogP contribution in [0.4, 0.5) is 0 Å². The molecule has 4 aliphatic rings. The van der Waals surface area contributed by atoms with Crippen LogP contribution in [0.3, 0.4) is 0 Å². The summed E-state index contributed by atoms with van der Waals surface area (Å²) >= 11 is 0. The largest absolute Gasteiger partial charge is 0.411 e. The van der Waals surface area contributed by atoms with E-state index >= 15 is 0 Å². The van der Waals surface area contributed by atoms with Crippen molar-refractivity contribution in [1.82, 2.24) is 0 Å². The maximum atomic E-state index is 10.4. The van der Waals surface area contributed by atoms with Crippen LogP contribution < -0.4 is 0 Å². The van der Waals surface area contributed by atoms with E-state index in [0.717, 1.165) is 37.0 Å². The van der Waals surface area contributed by atoms with Gasteiger partial charge in [-0.3, -0.25) is 0 Å². The van der Waals surface area contributed by atoms with Gasteiger partial charge in [0.2, 0.25) is 0 Å². The normalized spacial score (nSPS) is 44.4. The summed E-state index contributed by atoms with van der Waals surface area (Å²) in [7, 11) is 0. The van der Waals surface area contributed by atoms with Crippen LogP contribution in [0.15, 0.2) is 16.3 Å². The van der Waals surface area contributed by atoms with Crippen molar-refractivity contribution in [3.8, 4) is 0 Å². The van der Waals surface area contributed by atoms with E-state index in [4.69, 9.17) is 0 Å². The van der Waals surface area contributed by atoms with E-state index in [9.17, 15) is 10.3 Å². The molecule has 3 saturated carbocycles. The number of nitrogens with zero attached hydrogens (tertiary/aromatic N) is 1. The van der Waals surface area contributed by atoms with Crippen molar-refractivity contribution in [1.29, 1.82) is 0 Å². The molecule has 3 unspecified atom stereocenters. The standard InChI is InChI=1S/C27H45NO2/c1-17(2)7-6-8-18(3)21-9-10-22-25-20(16-28-30)24-15-19(29)11-13-27(24,5)23(25)12-14-26(21,22)4/h16-19,21-23,25,29-30H,6-15H2,1-5H3/b28-16+/t18-,19+,21-,22?,23?,25?,26-,27-/m1/s1. The highest BCUT2D eigenvalue weighted by atomic mass is 16.4. The number of aliphatic hydroxyl groups is 1. The van der Waals surface area contributed by atoms with Crippen LogP contribution in [-0.2, 0) is 0 Å². The number of fused-ring (bicyclic) bond motifs is 5. The molecular weight excluding hydrogens is 370 g/mol. The molecule has 0 aromatic rings. The first-order valence-electron chi connectivity index (χ1n) is 12.8. The minimum Gasteiger partial charge on any atom is -0.411 e. The molecule has 170 valence electrons. The Morgan fingerprint density at radius 2 is 1.80 bits per heavy atom. The average molecular weight is 416 g/mol. The number of oxime groups is 1. The fourth-order valence-electron chi connectivity index (χ4n) is 8.79. The van der Waals surface area contributed by atoms with Crippen molar-refractivity contribution < 1.29 is 10.3 Å². The lowest BCUT2D eigenvalue weighted by molar-refractivity contribution is -0.0202. The van der Waals surface area contributed by atoms with Gasteiger partial charge in [0.05, 0.1) is 12.3 Å². The van der Waals surface area contributed by atoms with Crippen LogP contribution in [0.25, 0.3) is 0 Å². The molecule has 0 radical (unpaired) electrons. The fourth-order valence-corrected chi connectivity index (χ4v) is 8.79. The van der Waals surface area contributed by atoms with E-state index in [0.29, 0.717) is 23.2 Å². The van der Waals surface area contributed by atoms with Crippen LogP contribution in [0, 0.1) is 46.3 Å². The first-order chi connectivity index (χ1) is 14.2. The second-order valence-electron chi connectivity index (χ2n) is 12.3. The van der Waals surface area contributed by atoms with Crippen LogP contribution in [-0.4, -0.2) is 22.6 Å². The molecule has 0 spiro atoms. The third-order valence-electron chi connectivity index (χ3n) is 10.3.